The van der Waals surface area contributed by atoms with Gasteiger partial charge in [0.15, 0.2) is 0 Å². The molecule has 1 aliphatic rings. The fourth-order valence-corrected chi connectivity index (χ4v) is 3.18. The van der Waals surface area contributed by atoms with E-state index in [0.717, 1.165) is 47.7 Å². The van der Waals surface area contributed by atoms with Gasteiger partial charge in [0.25, 0.3) is 0 Å². The van der Waals surface area contributed by atoms with Crippen LogP contribution in [0, 0.1) is 12.8 Å². The molecule has 1 atom stereocenters. The molecular formula is C17H24N4O. The Morgan fingerprint density at radius 3 is 2.82 bits per heavy atom. The highest BCUT2D eigenvalue weighted by Crippen LogP contribution is 2.33. The van der Waals surface area contributed by atoms with Gasteiger partial charge in [0.1, 0.15) is 17.0 Å². The van der Waals surface area contributed by atoms with Crippen LogP contribution >= 0.6 is 0 Å². The zero-order chi connectivity index (χ0) is 15.7. The number of anilines is 1. The molecule has 1 unspecified atom stereocenters. The number of rotatable bonds is 3. The monoisotopic (exact) mass is 300 g/mol. The summed E-state index contributed by atoms with van der Waals surface area (Å²) in [6.07, 6.45) is 3.32. The third kappa shape index (κ3) is 2.72. The fraction of sp³-hybridized carbons (Fsp3) is 0.588. The molecule has 0 bridgehead atoms. The molecule has 118 valence electrons. The standard InChI is InChI=1S/C17H24N4O/c1-5-14-19-13-9-12(3)18-17(22-4)15(13)16(20-14)21-8-6-7-11(2)10-21/h9,11H,5-8,10H2,1-4H3. The molecule has 0 amide bonds. The van der Waals surface area contributed by atoms with Crippen LogP contribution in [-0.2, 0) is 6.42 Å². The lowest BCUT2D eigenvalue weighted by atomic mass is 10.00. The van der Waals surface area contributed by atoms with E-state index in [-0.39, 0.29) is 0 Å². The summed E-state index contributed by atoms with van der Waals surface area (Å²) >= 11 is 0. The molecule has 2 aromatic rings. The van der Waals surface area contributed by atoms with Crippen LogP contribution in [0.15, 0.2) is 6.07 Å². The minimum atomic E-state index is 0.630. The lowest BCUT2D eigenvalue weighted by Gasteiger charge is -2.32. The van der Waals surface area contributed by atoms with Crippen molar-refractivity contribution in [2.24, 2.45) is 5.92 Å². The molecule has 0 saturated carbocycles. The van der Waals surface area contributed by atoms with Crippen molar-refractivity contribution < 1.29 is 4.74 Å². The number of hydrogen-bond acceptors (Lipinski definition) is 5. The number of aromatic nitrogens is 3. The van der Waals surface area contributed by atoms with Crippen molar-refractivity contribution in [3.8, 4) is 5.88 Å². The first kappa shape index (κ1) is 15.0. The SMILES string of the molecule is CCc1nc(N2CCCC(C)C2)c2c(OC)nc(C)cc2n1. The zero-order valence-corrected chi connectivity index (χ0v) is 13.9. The van der Waals surface area contributed by atoms with Gasteiger partial charge in [-0.1, -0.05) is 13.8 Å². The van der Waals surface area contributed by atoms with Gasteiger partial charge in [-0.2, -0.15) is 0 Å². The lowest BCUT2D eigenvalue weighted by molar-refractivity contribution is 0.401. The van der Waals surface area contributed by atoms with Crippen molar-refractivity contribution in [3.63, 3.8) is 0 Å². The Balaban J connectivity index is 2.21. The topological polar surface area (TPSA) is 51.1 Å². The summed E-state index contributed by atoms with van der Waals surface area (Å²) in [7, 11) is 1.66. The molecule has 0 aromatic carbocycles. The van der Waals surface area contributed by atoms with Crippen LogP contribution in [-0.4, -0.2) is 35.2 Å². The summed E-state index contributed by atoms with van der Waals surface area (Å²) in [5, 5.41) is 0.944. The van der Waals surface area contributed by atoms with Crippen LogP contribution in [0.4, 0.5) is 5.82 Å². The van der Waals surface area contributed by atoms with Crippen LogP contribution in [0.2, 0.25) is 0 Å². The molecule has 5 heteroatoms. The van der Waals surface area contributed by atoms with Crippen molar-refractivity contribution in [1.82, 2.24) is 15.0 Å². The van der Waals surface area contributed by atoms with E-state index in [1.54, 1.807) is 7.11 Å². The molecule has 0 aliphatic carbocycles. The Kier molecular flexibility index (Phi) is 4.14. The first-order valence-electron chi connectivity index (χ1n) is 8.09. The van der Waals surface area contributed by atoms with E-state index in [4.69, 9.17) is 9.72 Å². The molecule has 5 nitrogen and oxygen atoms in total. The van der Waals surface area contributed by atoms with Gasteiger partial charge in [-0.3, -0.25) is 0 Å². The van der Waals surface area contributed by atoms with Gasteiger partial charge < -0.3 is 9.64 Å². The molecule has 0 N–H and O–H groups in total. The van der Waals surface area contributed by atoms with Crippen LogP contribution in [0.3, 0.4) is 0 Å². The molecular weight excluding hydrogens is 276 g/mol. The fourth-order valence-electron chi connectivity index (χ4n) is 3.18. The highest BCUT2D eigenvalue weighted by atomic mass is 16.5. The third-order valence-corrected chi connectivity index (χ3v) is 4.27. The minimum Gasteiger partial charge on any atom is -0.480 e. The quantitative estimate of drug-likeness (QED) is 0.871. The molecule has 1 fully saturated rings. The molecule has 1 saturated heterocycles. The van der Waals surface area contributed by atoms with Crippen LogP contribution in [0.1, 0.15) is 38.2 Å². The van der Waals surface area contributed by atoms with Crippen LogP contribution < -0.4 is 9.64 Å². The summed E-state index contributed by atoms with van der Waals surface area (Å²) in [5.74, 6) is 3.19. The van der Waals surface area contributed by atoms with E-state index in [1.165, 1.54) is 12.8 Å². The van der Waals surface area contributed by atoms with E-state index < -0.39 is 0 Å². The van der Waals surface area contributed by atoms with E-state index in [0.29, 0.717) is 11.8 Å². The Labute approximate surface area is 131 Å². The molecule has 3 rings (SSSR count). The first-order valence-corrected chi connectivity index (χ1v) is 8.09. The van der Waals surface area contributed by atoms with E-state index >= 15 is 0 Å². The van der Waals surface area contributed by atoms with Gasteiger partial charge in [-0.15, -0.1) is 0 Å². The van der Waals surface area contributed by atoms with Gasteiger partial charge in [0.05, 0.1) is 12.6 Å². The maximum absolute atomic E-state index is 5.52. The normalized spacial score (nSPS) is 18.7. The summed E-state index contributed by atoms with van der Waals surface area (Å²) in [6.45, 7) is 8.44. The molecule has 0 radical (unpaired) electrons. The second-order valence-electron chi connectivity index (χ2n) is 6.18. The van der Waals surface area contributed by atoms with Gasteiger partial charge in [0, 0.05) is 25.2 Å². The highest BCUT2D eigenvalue weighted by molar-refractivity contribution is 5.94. The largest absolute Gasteiger partial charge is 0.480 e. The number of ether oxygens (including phenoxy) is 1. The van der Waals surface area contributed by atoms with Crippen molar-refractivity contribution in [2.75, 3.05) is 25.1 Å². The van der Waals surface area contributed by atoms with E-state index in [1.807, 2.05) is 13.0 Å². The predicted molar refractivity (Wildman–Crippen MR) is 88.6 cm³/mol. The molecule has 1 aliphatic heterocycles. The summed E-state index contributed by atoms with van der Waals surface area (Å²) in [5.41, 5.74) is 1.85. The molecule has 0 spiro atoms. The number of hydrogen-bond donors (Lipinski definition) is 0. The van der Waals surface area contributed by atoms with E-state index in [9.17, 15) is 0 Å². The number of methoxy groups -OCH3 is 1. The van der Waals surface area contributed by atoms with Crippen molar-refractivity contribution >= 4 is 16.7 Å². The Bertz CT molecular complexity index is 686. The van der Waals surface area contributed by atoms with Crippen molar-refractivity contribution in [2.45, 2.75) is 40.0 Å². The van der Waals surface area contributed by atoms with E-state index in [2.05, 4.69) is 28.7 Å². The summed E-state index contributed by atoms with van der Waals surface area (Å²) < 4.78 is 5.52. The summed E-state index contributed by atoms with van der Waals surface area (Å²) in [6, 6.07) is 2.02. The smallest absolute Gasteiger partial charge is 0.226 e. The van der Waals surface area contributed by atoms with Gasteiger partial charge in [0.2, 0.25) is 5.88 Å². The van der Waals surface area contributed by atoms with Gasteiger partial charge in [-0.25, -0.2) is 15.0 Å². The number of nitrogens with zero attached hydrogens (tertiary/aromatic N) is 4. The number of aryl methyl sites for hydroxylation is 2. The lowest BCUT2D eigenvalue weighted by Crippen LogP contribution is -2.35. The second kappa shape index (κ2) is 6.07. The minimum absolute atomic E-state index is 0.630. The first-order chi connectivity index (χ1) is 10.6. The van der Waals surface area contributed by atoms with Gasteiger partial charge >= 0.3 is 0 Å². The number of pyridine rings is 1. The molecule has 22 heavy (non-hydrogen) atoms. The maximum Gasteiger partial charge on any atom is 0.226 e. The van der Waals surface area contributed by atoms with Crippen LogP contribution in [0.5, 0.6) is 5.88 Å². The zero-order valence-electron chi connectivity index (χ0n) is 13.9. The Hall–Kier alpha value is -1.91. The second-order valence-corrected chi connectivity index (χ2v) is 6.18. The third-order valence-electron chi connectivity index (χ3n) is 4.27. The average Bonchev–Trinajstić information content (AvgIpc) is 2.52. The summed E-state index contributed by atoms with van der Waals surface area (Å²) in [4.78, 5) is 16.4. The predicted octanol–water partition coefficient (Wildman–Crippen LogP) is 3.14. The Morgan fingerprint density at radius 1 is 1.32 bits per heavy atom. The van der Waals surface area contributed by atoms with Crippen LogP contribution in [0.25, 0.3) is 10.9 Å². The highest BCUT2D eigenvalue weighted by Gasteiger charge is 2.23. The van der Waals surface area contributed by atoms with Crippen molar-refractivity contribution in [3.05, 3.63) is 17.6 Å². The number of piperidine rings is 1. The Morgan fingerprint density at radius 2 is 2.14 bits per heavy atom. The molecule has 2 aromatic heterocycles. The van der Waals surface area contributed by atoms with Gasteiger partial charge in [-0.05, 0) is 31.7 Å². The maximum atomic E-state index is 5.52. The molecule has 3 heterocycles. The average molecular weight is 300 g/mol. The number of fused-ring (bicyclic) bond motifs is 1. The van der Waals surface area contributed by atoms with Crippen molar-refractivity contribution in [1.29, 1.82) is 0 Å².